The second-order valence-corrected chi connectivity index (χ2v) is 7.46. The molecular formula is C18H19Cl2N3O4. The van der Waals surface area contributed by atoms with Crippen molar-refractivity contribution in [1.82, 2.24) is 5.16 Å². The number of nitrogens with zero attached hydrogens (tertiary/aromatic N) is 1. The number of esters is 1. The number of ether oxygens (including phenoxy) is 1. The van der Waals surface area contributed by atoms with Crippen LogP contribution in [0.5, 0.6) is 0 Å². The third-order valence-electron chi connectivity index (χ3n) is 4.84. The van der Waals surface area contributed by atoms with Crippen molar-refractivity contribution < 1.29 is 18.8 Å². The Labute approximate surface area is 165 Å². The standard InChI is InChI=1S/C18H19Cl2N3O4/c1-9-13(15(23-27-9)14-11(19)3-2-4-12(14)20)16(24)26-18(17(22)25)7-5-10(21)6-8-18/h2-4,10H,5-8,21H2,1H3,(H2,22,25). The molecular weight excluding hydrogens is 393 g/mol. The average molecular weight is 412 g/mol. The Balaban J connectivity index is 1.99. The van der Waals surface area contributed by atoms with Gasteiger partial charge in [-0.25, -0.2) is 4.79 Å². The van der Waals surface area contributed by atoms with Crippen LogP contribution in [0.4, 0.5) is 0 Å². The molecule has 0 unspecified atom stereocenters. The SMILES string of the molecule is Cc1onc(-c2c(Cl)cccc2Cl)c1C(=O)OC1(C(N)=O)CCC(N)CC1. The van der Waals surface area contributed by atoms with E-state index in [1.54, 1.807) is 25.1 Å². The zero-order chi connectivity index (χ0) is 19.8. The summed E-state index contributed by atoms with van der Waals surface area (Å²) in [5.41, 5.74) is 10.6. The Hall–Kier alpha value is -2.09. The van der Waals surface area contributed by atoms with Crippen LogP contribution < -0.4 is 11.5 Å². The van der Waals surface area contributed by atoms with Gasteiger partial charge in [0.1, 0.15) is 17.0 Å². The Morgan fingerprint density at radius 1 is 1.26 bits per heavy atom. The summed E-state index contributed by atoms with van der Waals surface area (Å²) in [7, 11) is 0. The molecule has 9 heteroatoms. The number of halogens is 2. The molecule has 1 aromatic carbocycles. The highest BCUT2D eigenvalue weighted by Gasteiger charge is 2.44. The molecule has 1 aromatic heterocycles. The molecule has 2 aromatic rings. The summed E-state index contributed by atoms with van der Waals surface area (Å²) in [5, 5.41) is 4.53. The minimum atomic E-state index is -1.40. The van der Waals surface area contributed by atoms with Crippen LogP contribution in [0, 0.1) is 6.92 Å². The summed E-state index contributed by atoms with van der Waals surface area (Å²) < 4.78 is 10.8. The molecule has 0 spiro atoms. The number of benzene rings is 1. The zero-order valence-corrected chi connectivity index (χ0v) is 16.1. The van der Waals surface area contributed by atoms with Crippen molar-refractivity contribution in [1.29, 1.82) is 0 Å². The van der Waals surface area contributed by atoms with E-state index in [1.165, 1.54) is 0 Å². The minimum Gasteiger partial charge on any atom is -0.445 e. The van der Waals surface area contributed by atoms with Crippen LogP contribution in [-0.4, -0.2) is 28.7 Å². The molecule has 0 aliphatic heterocycles. The molecule has 0 radical (unpaired) electrons. The van der Waals surface area contributed by atoms with Gasteiger partial charge in [-0.15, -0.1) is 0 Å². The minimum absolute atomic E-state index is 0.0500. The van der Waals surface area contributed by atoms with Gasteiger partial charge in [0, 0.05) is 11.6 Å². The highest BCUT2D eigenvalue weighted by Crippen LogP contribution is 2.38. The predicted molar refractivity (Wildman–Crippen MR) is 100 cm³/mol. The maximum atomic E-state index is 13.0. The first-order valence-corrected chi connectivity index (χ1v) is 9.20. The van der Waals surface area contributed by atoms with E-state index < -0.39 is 17.5 Å². The number of rotatable bonds is 4. The fourth-order valence-corrected chi connectivity index (χ4v) is 3.82. The molecule has 1 aliphatic carbocycles. The van der Waals surface area contributed by atoms with Gasteiger partial charge in [-0.2, -0.15) is 0 Å². The molecule has 0 saturated heterocycles. The molecule has 0 atom stereocenters. The molecule has 4 N–H and O–H groups in total. The lowest BCUT2D eigenvalue weighted by molar-refractivity contribution is -0.141. The lowest BCUT2D eigenvalue weighted by Gasteiger charge is -2.35. The number of carbonyl (C=O) groups excluding carboxylic acids is 2. The zero-order valence-electron chi connectivity index (χ0n) is 14.6. The fourth-order valence-electron chi connectivity index (χ4n) is 3.24. The first-order valence-electron chi connectivity index (χ1n) is 8.44. The van der Waals surface area contributed by atoms with Gasteiger partial charge >= 0.3 is 5.97 Å². The summed E-state index contributed by atoms with van der Waals surface area (Å²) in [6.45, 7) is 1.56. The predicted octanol–water partition coefficient (Wildman–Crippen LogP) is 3.24. The van der Waals surface area contributed by atoms with Crippen molar-refractivity contribution in [2.45, 2.75) is 44.2 Å². The van der Waals surface area contributed by atoms with Crippen molar-refractivity contribution in [3.63, 3.8) is 0 Å². The van der Waals surface area contributed by atoms with E-state index in [4.69, 9.17) is 43.9 Å². The van der Waals surface area contributed by atoms with Crippen LogP contribution in [0.25, 0.3) is 11.3 Å². The summed E-state index contributed by atoms with van der Waals surface area (Å²) in [6.07, 6.45) is 1.59. The molecule has 7 nitrogen and oxygen atoms in total. The van der Waals surface area contributed by atoms with Gasteiger partial charge in [0.2, 0.25) is 0 Å². The summed E-state index contributed by atoms with van der Waals surface area (Å²) in [5.74, 6) is -1.25. The van der Waals surface area contributed by atoms with Gasteiger partial charge in [-0.1, -0.05) is 34.4 Å². The third-order valence-corrected chi connectivity index (χ3v) is 5.47. The van der Waals surface area contributed by atoms with Gasteiger partial charge in [0.25, 0.3) is 5.91 Å². The number of aromatic nitrogens is 1. The molecule has 27 heavy (non-hydrogen) atoms. The van der Waals surface area contributed by atoms with Crippen LogP contribution in [0.1, 0.15) is 41.8 Å². The lowest BCUT2D eigenvalue weighted by Crippen LogP contribution is -2.51. The van der Waals surface area contributed by atoms with Crippen molar-refractivity contribution in [2.24, 2.45) is 11.5 Å². The van der Waals surface area contributed by atoms with E-state index in [1.807, 2.05) is 0 Å². The molecule has 1 heterocycles. The fraction of sp³-hybridized carbons (Fsp3) is 0.389. The molecule has 1 fully saturated rings. The molecule has 1 amide bonds. The quantitative estimate of drug-likeness (QED) is 0.744. The van der Waals surface area contributed by atoms with Crippen molar-refractivity contribution in [2.75, 3.05) is 0 Å². The molecule has 1 aliphatic rings. The van der Waals surface area contributed by atoms with E-state index in [2.05, 4.69) is 5.16 Å². The highest BCUT2D eigenvalue weighted by atomic mass is 35.5. The lowest BCUT2D eigenvalue weighted by atomic mass is 9.81. The highest BCUT2D eigenvalue weighted by molar-refractivity contribution is 6.39. The van der Waals surface area contributed by atoms with E-state index in [-0.39, 0.29) is 35.9 Å². The number of hydrogen-bond donors (Lipinski definition) is 2. The summed E-state index contributed by atoms with van der Waals surface area (Å²) >= 11 is 12.5. The largest absolute Gasteiger partial charge is 0.445 e. The average Bonchev–Trinajstić information content (AvgIpc) is 2.98. The van der Waals surface area contributed by atoms with Crippen LogP contribution in [0.2, 0.25) is 10.0 Å². The van der Waals surface area contributed by atoms with Gasteiger partial charge in [-0.05, 0) is 44.7 Å². The topological polar surface area (TPSA) is 121 Å². The van der Waals surface area contributed by atoms with Gasteiger partial charge in [0.05, 0.1) is 10.0 Å². The molecule has 1 saturated carbocycles. The van der Waals surface area contributed by atoms with Gasteiger partial charge in [0.15, 0.2) is 5.60 Å². The van der Waals surface area contributed by atoms with Gasteiger partial charge in [-0.3, -0.25) is 4.79 Å². The van der Waals surface area contributed by atoms with E-state index in [0.29, 0.717) is 28.5 Å². The first-order chi connectivity index (χ1) is 12.7. The Morgan fingerprint density at radius 2 is 1.85 bits per heavy atom. The number of carbonyl (C=O) groups is 2. The Morgan fingerprint density at radius 3 is 2.41 bits per heavy atom. The number of primary amides is 1. The maximum Gasteiger partial charge on any atom is 0.345 e. The summed E-state index contributed by atoms with van der Waals surface area (Å²) in [6, 6.07) is 4.86. The van der Waals surface area contributed by atoms with E-state index in [0.717, 1.165) is 0 Å². The van der Waals surface area contributed by atoms with Crippen molar-refractivity contribution in [3.05, 3.63) is 39.6 Å². The van der Waals surface area contributed by atoms with Crippen LogP contribution in [-0.2, 0) is 9.53 Å². The van der Waals surface area contributed by atoms with Gasteiger partial charge < -0.3 is 20.7 Å². The van der Waals surface area contributed by atoms with Crippen molar-refractivity contribution in [3.8, 4) is 11.3 Å². The second-order valence-electron chi connectivity index (χ2n) is 6.64. The maximum absolute atomic E-state index is 13.0. The normalized spacial score (nSPS) is 22.4. The number of amides is 1. The van der Waals surface area contributed by atoms with Crippen molar-refractivity contribution >= 4 is 35.1 Å². The number of nitrogens with two attached hydrogens (primary N) is 2. The molecule has 3 rings (SSSR count). The van der Waals surface area contributed by atoms with E-state index in [9.17, 15) is 9.59 Å². The second kappa shape index (κ2) is 7.50. The van der Waals surface area contributed by atoms with Crippen LogP contribution >= 0.6 is 23.2 Å². The Kier molecular flexibility index (Phi) is 5.46. The third kappa shape index (κ3) is 3.67. The summed E-state index contributed by atoms with van der Waals surface area (Å²) in [4.78, 5) is 25.0. The number of aryl methyl sites for hydroxylation is 1. The molecule has 0 bridgehead atoms. The van der Waals surface area contributed by atoms with E-state index >= 15 is 0 Å². The monoisotopic (exact) mass is 411 g/mol. The number of hydrogen-bond acceptors (Lipinski definition) is 6. The smallest absolute Gasteiger partial charge is 0.345 e. The first kappa shape index (κ1) is 19.7. The van der Waals surface area contributed by atoms with Crippen LogP contribution in [0.15, 0.2) is 22.7 Å². The molecule has 144 valence electrons. The van der Waals surface area contributed by atoms with Crippen LogP contribution in [0.3, 0.4) is 0 Å². The Bertz CT molecular complexity index is 868.